The second-order valence-corrected chi connectivity index (χ2v) is 9.13. The molecule has 0 aliphatic rings. The van der Waals surface area contributed by atoms with E-state index in [9.17, 15) is 5.11 Å². The number of anilines is 1. The van der Waals surface area contributed by atoms with Crippen LogP contribution in [0.2, 0.25) is 0 Å². The summed E-state index contributed by atoms with van der Waals surface area (Å²) in [5.41, 5.74) is 8.93. The molecule has 0 aliphatic heterocycles. The highest BCUT2D eigenvalue weighted by Gasteiger charge is 2.13. The van der Waals surface area contributed by atoms with E-state index in [1.165, 1.54) is 11.1 Å². The van der Waals surface area contributed by atoms with Crippen LogP contribution in [-0.4, -0.2) is 5.11 Å². The van der Waals surface area contributed by atoms with Gasteiger partial charge in [0.2, 0.25) is 0 Å². The molecule has 0 unspecified atom stereocenters. The summed E-state index contributed by atoms with van der Waals surface area (Å²) in [6, 6.07) is 35.5. The molecule has 39 heavy (non-hydrogen) atoms. The van der Waals surface area contributed by atoms with Crippen molar-refractivity contribution in [3.63, 3.8) is 0 Å². The number of hydrogen-bond acceptors (Lipinski definition) is 5. The average Bonchev–Trinajstić information content (AvgIpc) is 2.97. The van der Waals surface area contributed by atoms with E-state index >= 15 is 0 Å². The average molecular weight is 512 g/mol. The lowest BCUT2D eigenvalue weighted by Crippen LogP contribution is -2.01. The summed E-state index contributed by atoms with van der Waals surface area (Å²) in [6.07, 6.45) is 8.16. The Hall–Kier alpha value is -5.00. The molecule has 0 amide bonds. The van der Waals surface area contributed by atoms with E-state index in [0.717, 1.165) is 22.0 Å². The number of allylic oxidation sites excluding steroid dienone is 2. The molecule has 192 valence electrons. The third-order valence-electron chi connectivity index (χ3n) is 6.19. The third kappa shape index (κ3) is 6.86. The summed E-state index contributed by atoms with van der Waals surface area (Å²) in [4.78, 5) is 5.64. The zero-order chi connectivity index (χ0) is 26.9. The van der Waals surface area contributed by atoms with Gasteiger partial charge in [0, 0.05) is 10.9 Å². The highest BCUT2D eigenvalue weighted by molar-refractivity contribution is 5.96. The van der Waals surface area contributed by atoms with Crippen LogP contribution in [-0.2, 0) is 11.4 Å². The van der Waals surface area contributed by atoms with E-state index in [1.807, 2.05) is 103 Å². The number of hydrogen-bond donors (Lipinski definition) is 2. The lowest BCUT2D eigenvalue weighted by molar-refractivity contribution is 0.177. The molecule has 0 atom stereocenters. The number of rotatable bonds is 9. The van der Waals surface area contributed by atoms with Gasteiger partial charge in [-0.25, -0.2) is 0 Å². The van der Waals surface area contributed by atoms with Crippen LogP contribution >= 0.6 is 0 Å². The van der Waals surface area contributed by atoms with Crippen molar-refractivity contribution in [2.24, 2.45) is 10.2 Å². The molecule has 5 aromatic rings. The van der Waals surface area contributed by atoms with Crippen LogP contribution in [0.4, 0.5) is 17.1 Å². The summed E-state index contributed by atoms with van der Waals surface area (Å²) in [5, 5.41) is 21.7. The van der Waals surface area contributed by atoms with Gasteiger partial charge in [-0.3, -0.25) is 10.3 Å². The number of azo groups is 1. The zero-order valence-electron chi connectivity index (χ0n) is 21.7. The van der Waals surface area contributed by atoms with Gasteiger partial charge in [0.25, 0.3) is 0 Å². The lowest BCUT2D eigenvalue weighted by Gasteiger charge is -2.12. The van der Waals surface area contributed by atoms with E-state index in [1.54, 1.807) is 0 Å². The quantitative estimate of drug-likeness (QED) is 0.118. The van der Waals surface area contributed by atoms with Gasteiger partial charge in [0.15, 0.2) is 0 Å². The van der Waals surface area contributed by atoms with E-state index in [-0.39, 0.29) is 12.4 Å². The first-order valence-corrected chi connectivity index (χ1v) is 12.8. The molecule has 2 N–H and O–H groups in total. The van der Waals surface area contributed by atoms with Crippen LogP contribution in [0.1, 0.15) is 22.3 Å². The molecule has 5 aromatic carbocycles. The van der Waals surface area contributed by atoms with Crippen molar-refractivity contribution in [3.05, 3.63) is 144 Å². The maximum atomic E-state index is 11.0. The van der Waals surface area contributed by atoms with Crippen molar-refractivity contribution in [1.29, 1.82) is 0 Å². The fourth-order valence-corrected chi connectivity index (χ4v) is 4.06. The van der Waals surface area contributed by atoms with E-state index < -0.39 is 0 Å². The molecule has 5 rings (SSSR count). The van der Waals surface area contributed by atoms with Gasteiger partial charge < -0.3 is 5.11 Å². The van der Waals surface area contributed by atoms with Crippen molar-refractivity contribution in [3.8, 4) is 5.75 Å². The van der Waals surface area contributed by atoms with Crippen molar-refractivity contribution in [2.75, 3.05) is 5.48 Å². The van der Waals surface area contributed by atoms with Crippen molar-refractivity contribution >= 4 is 40.0 Å². The molecule has 5 nitrogen and oxygen atoms in total. The fraction of sp³-hybridized carbons (Fsp3) is 0.0588. The Balaban J connectivity index is 1.29. The van der Waals surface area contributed by atoms with Crippen LogP contribution in [0.5, 0.6) is 5.75 Å². The Morgan fingerprint density at radius 1 is 0.744 bits per heavy atom. The van der Waals surface area contributed by atoms with Gasteiger partial charge in [0.1, 0.15) is 18.0 Å². The highest BCUT2D eigenvalue weighted by atomic mass is 16.6. The maximum Gasteiger partial charge on any atom is 0.149 e. The van der Waals surface area contributed by atoms with Crippen LogP contribution in [0.3, 0.4) is 0 Å². The first-order valence-electron chi connectivity index (χ1n) is 12.8. The van der Waals surface area contributed by atoms with E-state index in [4.69, 9.17) is 4.84 Å². The number of fused-ring (bicyclic) bond motifs is 1. The number of aromatic hydroxyl groups is 1. The lowest BCUT2D eigenvalue weighted by atomic mass is 10.0. The second-order valence-electron chi connectivity index (χ2n) is 9.13. The van der Waals surface area contributed by atoms with Crippen LogP contribution in [0, 0.1) is 6.92 Å². The first-order chi connectivity index (χ1) is 19.2. The predicted octanol–water partition coefficient (Wildman–Crippen LogP) is 9.54. The Kier molecular flexibility index (Phi) is 8.22. The van der Waals surface area contributed by atoms with Crippen molar-refractivity contribution < 1.29 is 9.94 Å². The summed E-state index contributed by atoms with van der Waals surface area (Å²) < 4.78 is 0. The summed E-state index contributed by atoms with van der Waals surface area (Å²) in [7, 11) is 0. The standard InChI is InChI=1S/C34H29N3O2/c1-25-15-17-26(18-16-25)9-5-6-10-27-19-21-30(22-20-27)35-36-33-32-14-8-7-11-28(32)23-29(34(33)38)24-39-37-31-12-3-2-4-13-31/h2-23,37-38H,24H2,1H3. The highest BCUT2D eigenvalue weighted by Crippen LogP contribution is 2.39. The molecule has 0 saturated heterocycles. The molecule has 0 heterocycles. The molecule has 0 saturated carbocycles. The van der Waals surface area contributed by atoms with Gasteiger partial charge >= 0.3 is 0 Å². The Morgan fingerprint density at radius 2 is 1.38 bits per heavy atom. The zero-order valence-corrected chi connectivity index (χ0v) is 21.7. The number of nitrogens with one attached hydrogen (secondary N) is 1. The molecule has 0 spiro atoms. The minimum atomic E-state index is 0.0484. The Morgan fingerprint density at radius 3 is 2.10 bits per heavy atom. The van der Waals surface area contributed by atoms with Crippen molar-refractivity contribution in [1.82, 2.24) is 0 Å². The molecule has 0 fully saturated rings. The Labute approximate surface area is 228 Å². The summed E-state index contributed by atoms with van der Waals surface area (Å²) in [5.74, 6) is 0.0484. The molecular formula is C34H29N3O2. The molecule has 0 bridgehead atoms. The number of benzene rings is 5. The molecule has 0 radical (unpaired) electrons. The van der Waals surface area contributed by atoms with Crippen LogP contribution in [0.15, 0.2) is 132 Å². The van der Waals surface area contributed by atoms with Crippen LogP contribution in [0.25, 0.3) is 22.9 Å². The number of aryl methyl sites for hydroxylation is 1. The van der Waals surface area contributed by atoms with Gasteiger partial charge in [-0.15, -0.1) is 5.11 Å². The molecule has 0 aromatic heterocycles. The minimum Gasteiger partial charge on any atom is -0.505 e. The van der Waals surface area contributed by atoms with Crippen molar-refractivity contribution in [2.45, 2.75) is 13.5 Å². The molecule has 5 heteroatoms. The molecular weight excluding hydrogens is 482 g/mol. The monoisotopic (exact) mass is 511 g/mol. The normalized spacial score (nSPS) is 11.7. The molecule has 0 aliphatic carbocycles. The Bertz CT molecular complexity index is 1620. The van der Waals surface area contributed by atoms with Crippen LogP contribution < -0.4 is 5.48 Å². The van der Waals surface area contributed by atoms with Gasteiger partial charge in [-0.2, -0.15) is 5.11 Å². The topological polar surface area (TPSA) is 66.2 Å². The SMILES string of the molecule is Cc1ccc(C=CC=Cc2ccc(N=Nc3c(O)c(CONc4ccccc4)cc4ccccc34)cc2)cc1. The minimum absolute atomic E-state index is 0.0484. The first kappa shape index (κ1) is 25.6. The number of phenols is 1. The maximum absolute atomic E-state index is 11.0. The van der Waals surface area contributed by atoms with E-state index in [2.05, 4.69) is 53.0 Å². The second kappa shape index (κ2) is 12.5. The smallest absolute Gasteiger partial charge is 0.149 e. The number of phenolic OH excluding ortho intramolecular Hbond substituents is 1. The fourth-order valence-electron chi connectivity index (χ4n) is 4.06. The number of para-hydroxylation sites is 1. The van der Waals surface area contributed by atoms with E-state index in [0.29, 0.717) is 16.9 Å². The largest absolute Gasteiger partial charge is 0.505 e. The predicted molar refractivity (Wildman–Crippen MR) is 160 cm³/mol. The van der Waals surface area contributed by atoms with Gasteiger partial charge in [-0.1, -0.05) is 109 Å². The summed E-state index contributed by atoms with van der Waals surface area (Å²) in [6.45, 7) is 2.24. The van der Waals surface area contributed by atoms with Gasteiger partial charge in [-0.05, 0) is 53.8 Å². The summed E-state index contributed by atoms with van der Waals surface area (Å²) >= 11 is 0. The third-order valence-corrected chi connectivity index (χ3v) is 6.19. The van der Waals surface area contributed by atoms with Gasteiger partial charge in [0.05, 0.1) is 11.4 Å². The number of nitrogens with zero attached hydrogens (tertiary/aromatic N) is 2.